The summed E-state index contributed by atoms with van der Waals surface area (Å²) in [6.45, 7) is 0.0636. The van der Waals surface area contributed by atoms with Gasteiger partial charge in [-0.25, -0.2) is 4.39 Å². The summed E-state index contributed by atoms with van der Waals surface area (Å²) >= 11 is 12.2. The van der Waals surface area contributed by atoms with Crippen molar-refractivity contribution in [3.8, 4) is 11.5 Å². The Morgan fingerprint density at radius 1 is 1.14 bits per heavy atom. The lowest BCUT2D eigenvalue weighted by Crippen LogP contribution is -2.13. The maximum Gasteiger partial charge on any atom is 0.257 e. The van der Waals surface area contributed by atoms with Crippen LogP contribution in [0.5, 0.6) is 11.5 Å². The van der Waals surface area contributed by atoms with Crippen molar-refractivity contribution >= 4 is 34.9 Å². The van der Waals surface area contributed by atoms with Crippen molar-refractivity contribution in [2.24, 2.45) is 0 Å². The molecule has 0 bridgehead atoms. The van der Waals surface area contributed by atoms with Crippen molar-refractivity contribution in [1.82, 2.24) is 9.78 Å². The van der Waals surface area contributed by atoms with E-state index in [0.29, 0.717) is 17.1 Å². The van der Waals surface area contributed by atoms with E-state index in [1.165, 1.54) is 37.2 Å². The van der Waals surface area contributed by atoms with Crippen molar-refractivity contribution in [2.45, 2.75) is 6.54 Å². The molecule has 0 spiro atoms. The van der Waals surface area contributed by atoms with Gasteiger partial charge in [0.15, 0.2) is 5.82 Å². The van der Waals surface area contributed by atoms with Crippen LogP contribution in [0, 0.1) is 5.82 Å². The lowest BCUT2D eigenvalue weighted by Gasteiger charge is -2.08. The van der Waals surface area contributed by atoms with Crippen LogP contribution in [0.4, 0.5) is 10.2 Å². The highest BCUT2D eigenvalue weighted by atomic mass is 35.5. The van der Waals surface area contributed by atoms with Crippen LogP contribution in [0.2, 0.25) is 10.0 Å². The lowest BCUT2D eigenvalue weighted by atomic mass is 10.2. The Hall–Kier alpha value is -2.77. The largest absolute Gasteiger partial charge is 0.497 e. The zero-order valence-electron chi connectivity index (χ0n) is 15.0. The van der Waals surface area contributed by atoms with Gasteiger partial charge in [0.25, 0.3) is 5.91 Å². The number of nitrogens with zero attached hydrogens (tertiary/aromatic N) is 2. The highest BCUT2D eigenvalue weighted by Gasteiger charge is 2.16. The number of benzene rings is 2. The maximum absolute atomic E-state index is 14.0. The smallest absolute Gasteiger partial charge is 0.257 e. The van der Waals surface area contributed by atoms with Crippen molar-refractivity contribution in [1.29, 1.82) is 0 Å². The Morgan fingerprint density at radius 3 is 2.43 bits per heavy atom. The molecule has 1 amide bonds. The summed E-state index contributed by atoms with van der Waals surface area (Å²) in [4.78, 5) is 12.6. The molecule has 0 aliphatic carbocycles. The molecule has 9 heteroatoms. The second kappa shape index (κ2) is 8.50. The van der Waals surface area contributed by atoms with Gasteiger partial charge in [0.2, 0.25) is 0 Å². The summed E-state index contributed by atoms with van der Waals surface area (Å²) in [7, 11) is 2.98. The number of carbonyl (C=O) groups is 1. The van der Waals surface area contributed by atoms with Gasteiger partial charge in [0.1, 0.15) is 22.3 Å². The molecule has 0 fully saturated rings. The van der Waals surface area contributed by atoms with Crippen LogP contribution in [-0.4, -0.2) is 29.9 Å². The fraction of sp³-hybridized carbons (Fsp3) is 0.158. The number of halogens is 3. The number of hydrogen-bond donors (Lipinski definition) is 1. The predicted molar refractivity (Wildman–Crippen MR) is 105 cm³/mol. The molecule has 1 aromatic heterocycles. The van der Waals surface area contributed by atoms with Gasteiger partial charge < -0.3 is 14.8 Å². The third-order valence-corrected chi connectivity index (χ3v) is 4.58. The quantitative estimate of drug-likeness (QED) is 0.626. The number of hydrogen-bond acceptors (Lipinski definition) is 4. The molecule has 1 heterocycles. The van der Waals surface area contributed by atoms with Crippen LogP contribution in [0.3, 0.4) is 0 Å². The summed E-state index contributed by atoms with van der Waals surface area (Å²) in [6.07, 6.45) is 1.48. The van der Waals surface area contributed by atoms with E-state index in [1.807, 2.05) is 0 Å². The van der Waals surface area contributed by atoms with E-state index in [-0.39, 0.29) is 28.0 Å². The van der Waals surface area contributed by atoms with Crippen LogP contribution in [0.1, 0.15) is 15.9 Å². The number of aromatic nitrogens is 2. The molecule has 6 nitrogen and oxygen atoms in total. The first kappa shape index (κ1) is 20.0. The second-order valence-electron chi connectivity index (χ2n) is 5.78. The molecular weight excluding hydrogens is 408 g/mol. The summed E-state index contributed by atoms with van der Waals surface area (Å²) < 4.78 is 25.7. The minimum Gasteiger partial charge on any atom is -0.497 e. The van der Waals surface area contributed by atoms with Crippen molar-refractivity contribution in [2.75, 3.05) is 19.5 Å². The molecule has 0 saturated heterocycles. The van der Waals surface area contributed by atoms with Crippen LogP contribution in [-0.2, 0) is 6.54 Å². The van der Waals surface area contributed by atoms with Crippen molar-refractivity contribution in [3.05, 3.63) is 69.6 Å². The number of nitrogens with one attached hydrogen (secondary N) is 1. The Morgan fingerprint density at radius 2 is 1.82 bits per heavy atom. The fourth-order valence-electron chi connectivity index (χ4n) is 2.53. The average Bonchev–Trinajstić information content (AvgIpc) is 3.03. The number of methoxy groups -OCH3 is 2. The molecule has 0 radical (unpaired) electrons. The standard InChI is InChI=1S/C19H16Cl2FN3O3/c1-27-12-6-11(7-13(8-12)28-2)19(26)23-18-16(21)10-25(24-18)9-14-15(20)4-3-5-17(14)22/h3-8,10H,9H2,1-2H3,(H,23,24,26). The molecular formula is C19H16Cl2FN3O3. The maximum atomic E-state index is 14.0. The van der Waals surface area contributed by atoms with E-state index in [2.05, 4.69) is 10.4 Å². The number of ether oxygens (including phenoxy) is 2. The van der Waals surface area contributed by atoms with Crippen molar-refractivity contribution in [3.63, 3.8) is 0 Å². The van der Waals surface area contributed by atoms with Gasteiger partial charge in [-0.3, -0.25) is 9.48 Å². The van der Waals surface area contributed by atoms with E-state index in [9.17, 15) is 9.18 Å². The van der Waals surface area contributed by atoms with Crippen molar-refractivity contribution < 1.29 is 18.7 Å². The molecule has 0 atom stereocenters. The molecule has 0 aliphatic rings. The Kier molecular flexibility index (Phi) is 6.06. The summed E-state index contributed by atoms with van der Waals surface area (Å²) in [5.41, 5.74) is 0.581. The minimum absolute atomic E-state index is 0.0636. The molecule has 2 aromatic carbocycles. The fourth-order valence-corrected chi connectivity index (χ4v) is 2.95. The first-order chi connectivity index (χ1) is 13.4. The van der Waals surface area contributed by atoms with Crippen LogP contribution < -0.4 is 14.8 Å². The summed E-state index contributed by atoms with van der Waals surface area (Å²) in [6, 6.07) is 9.18. The average molecular weight is 424 g/mol. The third kappa shape index (κ3) is 4.37. The van der Waals surface area contributed by atoms with E-state index < -0.39 is 11.7 Å². The van der Waals surface area contributed by atoms with Gasteiger partial charge >= 0.3 is 0 Å². The molecule has 28 heavy (non-hydrogen) atoms. The molecule has 0 unspecified atom stereocenters. The third-order valence-electron chi connectivity index (χ3n) is 3.94. The van der Waals surface area contributed by atoms with E-state index in [4.69, 9.17) is 32.7 Å². The summed E-state index contributed by atoms with van der Waals surface area (Å²) in [5, 5.41) is 7.31. The highest BCUT2D eigenvalue weighted by molar-refractivity contribution is 6.33. The molecule has 146 valence electrons. The number of amides is 1. The number of rotatable bonds is 6. The number of anilines is 1. The molecule has 3 aromatic rings. The predicted octanol–water partition coefficient (Wildman–Crippen LogP) is 4.65. The zero-order valence-corrected chi connectivity index (χ0v) is 16.5. The normalized spacial score (nSPS) is 10.6. The van der Waals surface area contributed by atoms with E-state index >= 15 is 0 Å². The first-order valence-corrected chi connectivity index (χ1v) is 8.87. The van der Waals surface area contributed by atoms with Crippen LogP contribution in [0.15, 0.2) is 42.6 Å². The topological polar surface area (TPSA) is 65.4 Å². The SMILES string of the molecule is COc1cc(OC)cc(C(=O)Nc2nn(Cc3c(F)cccc3Cl)cc2Cl)c1. The molecule has 3 rings (SSSR count). The molecule has 0 aliphatic heterocycles. The lowest BCUT2D eigenvalue weighted by molar-refractivity contribution is 0.102. The van der Waals surface area contributed by atoms with E-state index in [0.717, 1.165) is 0 Å². The Bertz CT molecular complexity index is 981. The van der Waals surface area contributed by atoms with Crippen LogP contribution >= 0.6 is 23.2 Å². The zero-order chi connectivity index (χ0) is 20.3. The van der Waals surface area contributed by atoms with Gasteiger partial charge in [0, 0.05) is 28.4 Å². The Labute approximate surface area is 170 Å². The first-order valence-electron chi connectivity index (χ1n) is 8.11. The van der Waals surface area contributed by atoms with Gasteiger partial charge in [-0.1, -0.05) is 29.3 Å². The summed E-state index contributed by atoms with van der Waals surface area (Å²) in [5.74, 6) is 0.174. The molecule has 1 N–H and O–H groups in total. The van der Waals surface area contributed by atoms with Gasteiger partial charge in [-0.05, 0) is 24.3 Å². The number of carbonyl (C=O) groups excluding carboxylic acids is 1. The monoisotopic (exact) mass is 423 g/mol. The second-order valence-corrected chi connectivity index (χ2v) is 6.59. The molecule has 0 saturated carbocycles. The minimum atomic E-state index is -0.451. The highest BCUT2D eigenvalue weighted by Crippen LogP contribution is 2.26. The van der Waals surface area contributed by atoms with Gasteiger partial charge in [-0.2, -0.15) is 5.10 Å². The van der Waals surface area contributed by atoms with Crippen LogP contribution in [0.25, 0.3) is 0 Å². The van der Waals surface area contributed by atoms with E-state index in [1.54, 1.807) is 24.3 Å². The van der Waals surface area contributed by atoms with Gasteiger partial charge in [-0.15, -0.1) is 0 Å². The Balaban J connectivity index is 1.81. The van der Waals surface area contributed by atoms with Gasteiger partial charge in [0.05, 0.1) is 20.8 Å².